The Kier molecular flexibility index (Phi) is 4.02. The van der Waals surface area contributed by atoms with Gasteiger partial charge in [0, 0.05) is 12.1 Å². The summed E-state index contributed by atoms with van der Waals surface area (Å²) in [5, 5.41) is 3.03. The van der Waals surface area contributed by atoms with Crippen LogP contribution in [0.3, 0.4) is 0 Å². The number of carbonyl (C=O) groups is 1. The van der Waals surface area contributed by atoms with Crippen LogP contribution >= 0.6 is 0 Å². The highest BCUT2D eigenvalue weighted by Gasteiger charge is 2.40. The Morgan fingerprint density at radius 1 is 1.24 bits per heavy atom. The van der Waals surface area contributed by atoms with Crippen LogP contribution in [0.25, 0.3) is 0 Å². The predicted molar refractivity (Wildman–Crippen MR) is 92.1 cm³/mol. The molecule has 3 aliphatic rings. The van der Waals surface area contributed by atoms with Gasteiger partial charge in [-0.3, -0.25) is 9.10 Å². The highest BCUT2D eigenvalue weighted by molar-refractivity contribution is 7.92. The highest BCUT2D eigenvalue weighted by atomic mass is 32.2. The van der Waals surface area contributed by atoms with Crippen LogP contribution < -0.4 is 19.1 Å². The van der Waals surface area contributed by atoms with Crippen molar-refractivity contribution in [3.8, 4) is 11.5 Å². The fourth-order valence-electron chi connectivity index (χ4n) is 4.24. The summed E-state index contributed by atoms with van der Waals surface area (Å²) in [4.78, 5) is 12.5. The van der Waals surface area contributed by atoms with Crippen molar-refractivity contribution in [3.05, 3.63) is 18.2 Å². The third kappa shape index (κ3) is 3.27. The molecule has 0 saturated heterocycles. The summed E-state index contributed by atoms with van der Waals surface area (Å²) in [5.41, 5.74) is 0.398. The van der Waals surface area contributed by atoms with Crippen molar-refractivity contribution in [1.29, 1.82) is 0 Å². The fraction of sp³-hybridized carbons (Fsp3) is 0.588. The topological polar surface area (TPSA) is 84.9 Å². The third-order valence-corrected chi connectivity index (χ3v) is 6.56. The maximum absolute atomic E-state index is 12.5. The first-order valence-corrected chi connectivity index (χ1v) is 10.4. The van der Waals surface area contributed by atoms with Crippen LogP contribution in [-0.2, 0) is 14.8 Å². The summed E-state index contributed by atoms with van der Waals surface area (Å²) in [6.45, 7) is -0.116. The standard InChI is InChI=1S/C17H22N2O5S/c1-25(21,22)19(13-4-5-15-16(8-13)24-10-23-15)9-17(20)18-14-7-11-2-3-12(14)6-11/h4-5,8,11-12,14H,2-3,6-7,9-10H2,1H3,(H,18,20)/t11-,12-,14+/m1/s1. The first-order valence-electron chi connectivity index (χ1n) is 8.57. The van der Waals surface area contributed by atoms with Crippen LogP contribution in [0.5, 0.6) is 11.5 Å². The number of hydrogen-bond donors (Lipinski definition) is 1. The monoisotopic (exact) mass is 366 g/mol. The fourth-order valence-corrected chi connectivity index (χ4v) is 5.09. The van der Waals surface area contributed by atoms with Crippen LogP contribution in [0, 0.1) is 11.8 Å². The molecule has 25 heavy (non-hydrogen) atoms. The van der Waals surface area contributed by atoms with E-state index in [4.69, 9.17) is 9.47 Å². The molecular weight excluding hydrogens is 344 g/mol. The van der Waals surface area contributed by atoms with Crippen LogP contribution in [0.2, 0.25) is 0 Å². The Labute approximate surface area is 147 Å². The number of fused-ring (bicyclic) bond motifs is 3. The van der Waals surface area contributed by atoms with Crippen LogP contribution in [-0.4, -0.2) is 40.0 Å². The van der Waals surface area contributed by atoms with Gasteiger partial charge in [-0.15, -0.1) is 0 Å². The van der Waals surface area contributed by atoms with Crippen molar-refractivity contribution in [3.63, 3.8) is 0 Å². The van der Waals surface area contributed by atoms with Crippen molar-refractivity contribution in [2.75, 3.05) is 23.9 Å². The maximum atomic E-state index is 12.5. The molecule has 3 atom stereocenters. The Bertz CT molecular complexity index is 794. The molecule has 4 rings (SSSR count). The molecule has 7 nitrogen and oxygen atoms in total. The lowest BCUT2D eigenvalue weighted by Crippen LogP contribution is -2.45. The van der Waals surface area contributed by atoms with Gasteiger partial charge in [0.05, 0.1) is 11.9 Å². The van der Waals surface area contributed by atoms with Gasteiger partial charge in [0.1, 0.15) is 6.54 Å². The second-order valence-electron chi connectivity index (χ2n) is 7.16. The molecule has 0 spiro atoms. The Hall–Kier alpha value is -1.96. The van der Waals surface area contributed by atoms with Crippen molar-refractivity contribution < 1.29 is 22.7 Å². The zero-order chi connectivity index (χ0) is 17.6. The van der Waals surface area contributed by atoms with Gasteiger partial charge in [0.25, 0.3) is 0 Å². The largest absolute Gasteiger partial charge is 0.454 e. The van der Waals surface area contributed by atoms with Gasteiger partial charge in [-0.2, -0.15) is 0 Å². The minimum Gasteiger partial charge on any atom is -0.454 e. The number of carbonyl (C=O) groups excluding carboxylic acids is 1. The van der Waals surface area contributed by atoms with E-state index in [1.165, 1.54) is 12.8 Å². The highest BCUT2D eigenvalue weighted by Crippen LogP contribution is 2.44. The number of sulfonamides is 1. The van der Waals surface area contributed by atoms with Gasteiger partial charge >= 0.3 is 0 Å². The Morgan fingerprint density at radius 3 is 2.72 bits per heavy atom. The molecule has 2 fully saturated rings. The number of benzene rings is 1. The molecule has 2 bridgehead atoms. The average molecular weight is 366 g/mol. The molecule has 0 radical (unpaired) electrons. The molecule has 0 unspecified atom stereocenters. The molecule has 1 amide bonds. The van der Waals surface area contributed by atoms with Crippen molar-refractivity contribution in [2.45, 2.75) is 31.7 Å². The van der Waals surface area contributed by atoms with Crippen molar-refractivity contribution in [1.82, 2.24) is 5.32 Å². The van der Waals surface area contributed by atoms with Gasteiger partial charge in [0.2, 0.25) is 22.7 Å². The average Bonchev–Trinajstić information content (AvgIpc) is 3.26. The van der Waals surface area contributed by atoms with E-state index in [1.54, 1.807) is 18.2 Å². The minimum absolute atomic E-state index is 0.113. The molecule has 2 aliphatic carbocycles. The van der Waals surface area contributed by atoms with E-state index in [1.807, 2.05) is 0 Å². The van der Waals surface area contributed by atoms with E-state index in [0.29, 0.717) is 23.1 Å². The summed E-state index contributed by atoms with van der Waals surface area (Å²) in [7, 11) is -3.60. The summed E-state index contributed by atoms with van der Waals surface area (Å²) in [5.74, 6) is 2.06. The van der Waals surface area contributed by atoms with Crippen molar-refractivity contribution >= 4 is 21.6 Å². The molecule has 2 saturated carbocycles. The Morgan fingerprint density at radius 2 is 2.04 bits per heavy atom. The summed E-state index contributed by atoms with van der Waals surface area (Å²) in [6, 6.07) is 5.06. The number of amides is 1. The smallest absolute Gasteiger partial charge is 0.241 e. The first-order chi connectivity index (χ1) is 11.9. The van der Waals surface area contributed by atoms with E-state index in [-0.39, 0.29) is 25.3 Å². The number of anilines is 1. The van der Waals surface area contributed by atoms with E-state index >= 15 is 0 Å². The van der Waals surface area contributed by atoms with Crippen LogP contribution in [0.1, 0.15) is 25.7 Å². The molecule has 1 aromatic carbocycles. The van der Waals surface area contributed by atoms with Gasteiger partial charge < -0.3 is 14.8 Å². The van der Waals surface area contributed by atoms with Gasteiger partial charge in [0.15, 0.2) is 11.5 Å². The summed E-state index contributed by atoms with van der Waals surface area (Å²) in [6.07, 6.45) is 5.71. The van der Waals surface area contributed by atoms with E-state index in [2.05, 4.69) is 5.32 Å². The third-order valence-electron chi connectivity index (χ3n) is 5.42. The number of nitrogens with one attached hydrogen (secondary N) is 1. The zero-order valence-electron chi connectivity index (χ0n) is 14.1. The van der Waals surface area contributed by atoms with Gasteiger partial charge in [-0.1, -0.05) is 6.42 Å². The summed E-state index contributed by atoms with van der Waals surface area (Å²) >= 11 is 0. The minimum atomic E-state index is -3.60. The molecule has 1 aliphatic heterocycles. The lowest BCUT2D eigenvalue weighted by molar-refractivity contribution is -0.120. The number of hydrogen-bond acceptors (Lipinski definition) is 5. The molecule has 1 heterocycles. The number of rotatable bonds is 5. The number of ether oxygens (including phenoxy) is 2. The molecule has 1 aromatic rings. The van der Waals surface area contributed by atoms with E-state index < -0.39 is 10.0 Å². The zero-order valence-corrected chi connectivity index (χ0v) is 14.9. The number of nitrogens with zero attached hydrogens (tertiary/aromatic N) is 1. The van der Waals surface area contributed by atoms with E-state index in [0.717, 1.165) is 29.3 Å². The lowest BCUT2D eigenvalue weighted by Gasteiger charge is -2.26. The predicted octanol–water partition coefficient (Wildman–Crippen LogP) is 1.49. The van der Waals surface area contributed by atoms with Crippen LogP contribution in [0.15, 0.2) is 18.2 Å². The normalized spacial score (nSPS) is 26.7. The SMILES string of the molecule is CS(=O)(=O)N(CC(=O)N[C@H]1C[C@@H]2CC[C@@H]1C2)c1ccc2c(c1)OCO2. The Balaban J connectivity index is 1.49. The molecular formula is C17H22N2O5S. The molecule has 136 valence electrons. The van der Waals surface area contributed by atoms with Crippen molar-refractivity contribution in [2.24, 2.45) is 11.8 Å². The van der Waals surface area contributed by atoms with Crippen LogP contribution in [0.4, 0.5) is 5.69 Å². The van der Waals surface area contributed by atoms with E-state index in [9.17, 15) is 13.2 Å². The second kappa shape index (κ2) is 6.09. The summed E-state index contributed by atoms with van der Waals surface area (Å²) < 4.78 is 36.1. The van der Waals surface area contributed by atoms with Gasteiger partial charge in [-0.05, 0) is 43.2 Å². The van der Waals surface area contributed by atoms with Gasteiger partial charge in [-0.25, -0.2) is 8.42 Å². The molecule has 1 N–H and O–H groups in total. The lowest BCUT2D eigenvalue weighted by atomic mass is 9.95. The second-order valence-corrected chi connectivity index (χ2v) is 9.06. The maximum Gasteiger partial charge on any atom is 0.241 e. The molecule has 8 heteroatoms. The molecule has 0 aromatic heterocycles. The first kappa shape index (κ1) is 16.5. The quantitative estimate of drug-likeness (QED) is 0.853.